The molecule has 4 nitrogen and oxygen atoms in total. The zero-order chi connectivity index (χ0) is 9.72. The Morgan fingerprint density at radius 3 is 2.25 bits per heavy atom. The normalized spacial score (nSPS) is 10.7. The monoisotopic (exact) mass is 169 g/mol. The van der Waals surface area contributed by atoms with Crippen molar-refractivity contribution in [1.29, 1.82) is 0 Å². The van der Waals surface area contributed by atoms with Crippen molar-refractivity contribution in [3.8, 4) is 0 Å². The van der Waals surface area contributed by atoms with E-state index in [0.29, 0.717) is 0 Å². The number of carbonyl (C=O) groups excluding carboxylic acids is 2. The predicted octanol–water partition coefficient (Wildman–Crippen LogP) is 0.495. The minimum atomic E-state index is -0.621. The quantitative estimate of drug-likeness (QED) is 0.380. The molecule has 0 bridgehead atoms. The van der Waals surface area contributed by atoms with Crippen LogP contribution in [0.5, 0.6) is 0 Å². The Balaban J connectivity index is 4.14. The first-order valence-electron chi connectivity index (χ1n) is 3.28. The van der Waals surface area contributed by atoms with Crippen LogP contribution in [0.2, 0.25) is 0 Å². The highest BCUT2D eigenvalue weighted by Gasteiger charge is 2.02. The number of hydrogen-bond donors (Lipinski definition) is 1. The molecule has 0 unspecified atom stereocenters. The molecule has 0 saturated heterocycles. The molecule has 0 saturated carbocycles. The van der Waals surface area contributed by atoms with Gasteiger partial charge in [0.25, 0.3) is 0 Å². The topological polar surface area (TPSA) is 69.4 Å². The standard InChI is InChI=1S/C8H11NO3/c1-5(2)8(11)12-4-6(3)7(9)10/h4H,1H2,2-3H3,(H2,9,10). The van der Waals surface area contributed by atoms with E-state index in [9.17, 15) is 9.59 Å². The Labute approximate surface area is 70.7 Å². The molecule has 0 fully saturated rings. The third-order valence-corrected chi connectivity index (χ3v) is 1.08. The van der Waals surface area contributed by atoms with Crippen molar-refractivity contribution in [3.63, 3.8) is 0 Å². The molecule has 0 aliphatic heterocycles. The van der Waals surface area contributed by atoms with Crippen LogP contribution in [0, 0.1) is 0 Å². The van der Waals surface area contributed by atoms with Gasteiger partial charge in [-0.25, -0.2) is 4.79 Å². The number of carbonyl (C=O) groups is 2. The summed E-state index contributed by atoms with van der Waals surface area (Å²) in [7, 11) is 0. The summed E-state index contributed by atoms with van der Waals surface area (Å²) in [6.07, 6.45) is 1.01. The summed E-state index contributed by atoms with van der Waals surface area (Å²) in [5.41, 5.74) is 5.33. The smallest absolute Gasteiger partial charge is 0.337 e. The van der Waals surface area contributed by atoms with Crippen LogP contribution in [0.25, 0.3) is 0 Å². The van der Waals surface area contributed by atoms with Gasteiger partial charge in [-0.2, -0.15) is 0 Å². The fraction of sp³-hybridized carbons (Fsp3) is 0.250. The fourth-order valence-electron chi connectivity index (χ4n) is 0.301. The lowest BCUT2D eigenvalue weighted by molar-refractivity contribution is -0.133. The molecule has 0 atom stereocenters. The lowest BCUT2D eigenvalue weighted by atomic mass is 10.3. The number of amides is 1. The number of esters is 1. The van der Waals surface area contributed by atoms with E-state index in [4.69, 9.17) is 5.73 Å². The third-order valence-electron chi connectivity index (χ3n) is 1.08. The SMILES string of the molecule is C=C(C)C(=O)OC=C(C)C(N)=O. The minimum Gasteiger partial charge on any atom is -0.431 e. The molecule has 0 rings (SSSR count). The molecule has 0 aromatic rings. The zero-order valence-electron chi connectivity index (χ0n) is 7.09. The maximum atomic E-state index is 10.8. The average molecular weight is 169 g/mol. The van der Waals surface area contributed by atoms with Crippen LogP contribution in [0.1, 0.15) is 13.8 Å². The summed E-state index contributed by atoms with van der Waals surface area (Å²) >= 11 is 0. The molecular weight excluding hydrogens is 158 g/mol. The maximum absolute atomic E-state index is 10.8. The van der Waals surface area contributed by atoms with E-state index in [1.165, 1.54) is 13.8 Å². The summed E-state index contributed by atoms with van der Waals surface area (Å²) in [5, 5.41) is 0. The predicted molar refractivity (Wildman–Crippen MR) is 43.9 cm³/mol. The Bertz CT molecular complexity index is 253. The van der Waals surface area contributed by atoms with Crippen molar-refractivity contribution in [2.75, 3.05) is 0 Å². The number of ether oxygens (including phenoxy) is 1. The van der Waals surface area contributed by atoms with Gasteiger partial charge in [0.05, 0.1) is 0 Å². The lowest BCUT2D eigenvalue weighted by Crippen LogP contribution is -2.12. The molecule has 0 aromatic heterocycles. The highest BCUT2D eigenvalue weighted by Crippen LogP contribution is 1.96. The van der Waals surface area contributed by atoms with Gasteiger partial charge in [-0.15, -0.1) is 0 Å². The molecule has 0 aromatic carbocycles. The van der Waals surface area contributed by atoms with Crippen molar-refractivity contribution in [3.05, 3.63) is 24.0 Å². The largest absolute Gasteiger partial charge is 0.431 e. The van der Waals surface area contributed by atoms with Gasteiger partial charge in [0.1, 0.15) is 6.26 Å². The Hall–Kier alpha value is -1.58. The number of hydrogen-bond acceptors (Lipinski definition) is 3. The van der Waals surface area contributed by atoms with E-state index in [0.717, 1.165) is 6.26 Å². The van der Waals surface area contributed by atoms with Crippen molar-refractivity contribution in [2.45, 2.75) is 13.8 Å². The molecule has 0 radical (unpaired) electrons. The first kappa shape index (κ1) is 10.4. The second-order valence-electron chi connectivity index (χ2n) is 2.35. The van der Waals surface area contributed by atoms with Gasteiger partial charge in [0.15, 0.2) is 0 Å². The van der Waals surface area contributed by atoms with Crippen LogP contribution in [-0.2, 0) is 14.3 Å². The average Bonchev–Trinajstić information content (AvgIpc) is 1.98. The second-order valence-corrected chi connectivity index (χ2v) is 2.35. The molecule has 0 aliphatic carbocycles. The van der Waals surface area contributed by atoms with E-state index in [-0.39, 0.29) is 11.1 Å². The number of primary amides is 1. The Kier molecular flexibility index (Phi) is 3.76. The molecule has 2 N–H and O–H groups in total. The van der Waals surface area contributed by atoms with Crippen molar-refractivity contribution in [1.82, 2.24) is 0 Å². The number of rotatable bonds is 3. The maximum Gasteiger partial charge on any atom is 0.337 e. The fourth-order valence-corrected chi connectivity index (χ4v) is 0.301. The van der Waals surface area contributed by atoms with Gasteiger partial charge < -0.3 is 10.5 Å². The van der Waals surface area contributed by atoms with Gasteiger partial charge in [0.2, 0.25) is 5.91 Å². The van der Waals surface area contributed by atoms with Gasteiger partial charge >= 0.3 is 5.97 Å². The first-order chi connectivity index (χ1) is 5.45. The lowest BCUT2D eigenvalue weighted by Gasteiger charge is -1.97. The third kappa shape index (κ3) is 3.55. The van der Waals surface area contributed by atoms with Crippen LogP contribution in [0.15, 0.2) is 24.0 Å². The van der Waals surface area contributed by atoms with Crippen molar-refractivity contribution in [2.24, 2.45) is 5.73 Å². The highest BCUT2D eigenvalue weighted by atomic mass is 16.5. The Morgan fingerprint density at radius 1 is 1.42 bits per heavy atom. The Morgan fingerprint density at radius 2 is 1.92 bits per heavy atom. The van der Waals surface area contributed by atoms with E-state index in [1.54, 1.807) is 0 Å². The summed E-state index contributed by atoms with van der Waals surface area (Å²) in [6, 6.07) is 0. The second kappa shape index (κ2) is 4.33. The first-order valence-corrected chi connectivity index (χ1v) is 3.28. The molecule has 66 valence electrons. The highest BCUT2D eigenvalue weighted by molar-refractivity contribution is 5.92. The van der Waals surface area contributed by atoms with Crippen molar-refractivity contribution < 1.29 is 14.3 Å². The van der Waals surface area contributed by atoms with Gasteiger partial charge in [-0.05, 0) is 13.8 Å². The van der Waals surface area contributed by atoms with E-state index in [2.05, 4.69) is 11.3 Å². The van der Waals surface area contributed by atoms with Crippen LogP contribution in [-0.4, -0.2) is 11.9 Å². The van der Waals surface area contributed by atoms with Crippen LogP contribution in [0.3, 0.4) is 0 Å². The summed E-state index contributed by atoms with van der Waals surface area (Å²) in [5.74, 6) is -1.19. The van der Waals surface area contributed by atoms with Crippen LogP contribution in [0.4, 0.5) is 0 Å². The number of nitrogens with two attached hydrogens (primary N) is 1. The molecule has 0 heterocycles. The molecule has 4 heteroatoms. The minimum absolute atomic E-state index is 0.185. The molecule has 0 spiro atoms. The zero-order valence-corrected chi connectivity index (χ0v) is 7.09. The molecular formula is C8H11NO3. The van der Waals surface area contributed by atoms with Crippen molar-refractivity contribution >= 4 is 11.9 Å². The summed E-state index contributed by atoms with van der Waals surface area (Å²) < 4.78 is 4.53. The molecule has 1 amide bonds. The van der Waals surface area contributed by atoms with E-state index < -0.39 is 11.9 Å². The van der Waals surface area contributed by atoms with Gasteiger partial charge in [-0.3, -0.25) is 4.79 Å². The summed E-state index contributed by atoms with van der Waals surface area (Å²) in [6.45, 7) is 6.32. The van der Waals surface area contributed by atoms with Crippen LogP contribution < -0.4 is 5.73 Å². The van der Waals surface area contributed by atoms with Crippen LogP contribution >= 0.6 is 0 Å². The molecule has 0 aliphatic rings. The van der Waals surface area contributed by atoms with E-state index >= 15 is 0 Å². The molecule has 12 heavy (non-hydrogen) atoms. The van der Waals surface area contributed by atoms with E-state index in [1.807, 2.05) is 0 Å². The van der Waals surface area contributed by atoms with Gasteiger partial charge in [0, 0.05) is 11.1 Å². The van der Waals surface area contributed by atoms with Gasteiger partial charge in [-0.1, -0.05) is 6.58 Å². The summed E-state index contributed by atoms with van der Waals surface area (Å²) in [4.78, 5) is 21.2.